The maximum atomic E-state index is 13.6. The Balaban J connectivity index is 1.86. The number of methoxy groups -OCH3 is 2. The molecule has 0 spiro atoms. The van der Waals surface area contributed by atoms with Gasteiger partial charge in [0.2, 0.25) is 0 Å². The van der Waals surface area contributed by atoms with Crippen molar-refractivity contribution in [3.8, 4) is 11.5 Å². The smallest absolute Gasteiger partial charge is 0.254 e. The Labute approximate surface area is 171 Å². The molecule has 1 heterocycles. The molecule has 1 atom stereocenters. The highest BCUT2D eigenvalue weighted by atomic mass is 16.5. The summed E-state index contributed by atoms with van der Waals surface area (Å²) in [5, 5.41) is 0. The van der Waals surface area contributed by atoms with Crippen LogP contribution in [-0.2, 0) is 6.42 Å². The molecule has 1 aliphatic rings. The van der Waals surface area contributed by atoms with Gasteiger partial charge in [0.1, 0.15) is 0 Å². The number of carbonyl (C=O) groups is 1. The minimum atomic E-state index is -0.174. The molecule has 0 N–H and O–H groups in total. The van der Waals surface area contributed by atoms with E-state index in [1.807, 2.05) is 66.4 Å². The third-order valence-electron chi connectivity index (χ3n) is 5.63. The number of amides is 1. The van der Waals surface area contributed by atoms with Crippen LogP contribution in [0, 0.1) is 6.92 Å². The van der Waals surface area contributed by atoms with Crippen LogP contribution in [0.2, 0.25) is 0 Å². The number of fused-ring (bicyclic) bond motifs is 1. The fourth-order valence-electron chi connectivity index (χ4n) is 4.13. The van der Waals surface area contributed by atoms with Gasteiger partial charge in [-0.1, -0.05) is 48.5 Å². The predicted octanol–water partition coefficient (Wildman–Crippen LogP) is 4.80. The van der Waals surface area contributed by atoms with Crippen LogP contribution in [0.5, 0.6) is 11.5 Å². The summed E-state index contributed by atoms with van der Waals surface area (Å²) in [5.41, 5.74) is 5.09. The van der Waals surface area contributed by atoms with Crippen LogP contribution < -0.4 is 9.47 Å². The van der Waals surface area contributed by atoms with Crippen LogP contribution in [0.3, 0.4) is 0 Å². The van der Waals surface area contributed by atoms with Gasteiger partial charge in [-0.2, -0.15) is 0 Å². The van der Waals surface area contributed by atoms with E-state index in [1.54, 1.807) is 14.2 Å². The molecule has 0 aliphatic carbocycles. The standard InChI is InChI=1S/C25H25NO3/c1-17-9-7-8-12-20(17)25(27)26-14-13-19-15-22(28-2)23(29-3)16-21(19)24(26)18-10-5-4-6-11-18/h4-12,15-16,24H,13-14H2,1-3H3/t24-/m0/s1. The van der Waals surface area contributed by atoms with Crippen LogP contribution in [0.25, 0.3) is 0 Å². The number of aryl methyl sites for hydroxylation is 1. The minimum Gasteiger partial charge on any atom is -0.493 e. The van der Waals surface area contributed by atoms with E-state index in [0.29, 0.717) is 12.3 Å². The Morgan fingerprint density at radius 2 is 1.59 bits per heavy atom. The van der Waals surface area contributed by atoms with Gasteiger partial charge in [-0.25, -0.2) is 0 Å². The van der Waals surface area contributed by atoms with E-state index >= 15 is 0 Å². The van der Waals surface area contributed by atoms with Gasteiger partial charge in [0.25, 0.3) is 5.91 Å². The van der Waals surface area contributed by atoms with Crippen LogP contribution in [0.1, 0.15) is 38.7 Å². The fraction of sp³-hybridized carbons (Fsp3) is 0.240. The summed E-state index contributed by atoms with van der Waals surface area (Å²) in [4.78, 5) is 15.5. The van der Waals surface area contributed by atoms with Gasteiger partial charge in [-0.15, -0.1) is 0 Å². The minimum absolute atomic E-state index is 0.0531. The SMILES string of the molecule is COc1cc2c(cc1OC)[C@H](c1ccccc1)N(C(=O)c1ccccc1C)CC2. The largest absolute Gasteiger partial charge is 0.493 e. The molecule has 4 nitrogen and oxygen atoms in total. The summed E-state index contributed by atoms with van der Waals surface area (Å²) >= 11 is 0. The zero-order chi connectivity index (χ0) is 20.4. The molecule has 0 bridgehead atoms. The van der Waals surface area contributed by atoms with Crippen LogP contribution in [0.4, 0.5) is 0 Å². The molecule has 0 saturated heterocycles. The van der Waals surface area contributed by atoms with Gasteiger partial charge in [0.05, 0.1) is 20.3 Å². The second kappa shape index (κ2) is 8.00. The summed E-state index contributed by atoms with van der Waals surface area (Å²) in [6.45, 7) is 2.63. The number of carbonyl (C=O) groups excluding carboxylic acids is 1. The highest BCUT2D eigenvalue weighted by molar-refractivity contribution is 5.96. The van der Waals surface area contributed by atoms with Crippen molar-refractivity contribution in [2.45, 2.75) is 19.4 Å². The molecule has 4 heteroatoms. The molecule has 0 radical (unpaired) electrons. The Morgan fingerprint density at radius 1 is 0.931 bits per heavy atom. The normalized spacial score (nSPS) is 15.6. The van der Waals surface area contributed by atoms with Gasteiger partial charge in [-0.05, 0) is 53.8 Å². The fourth-order valence-corrected chi connectivity index (χ4v) is 4.13. The van der Waals surface area contributed by atoms with Crippen molar-refractivity contribution >= 4 is 5.91 Å². The molecule has 1 aliphatic heterocycles. The van der Waals surface area contributed by atoms with E-state index in [0.717, 1.165) is 34.4 Å². The van der Waals surface area contributed by atoms with Crippen molar-refractivity contribution in [2.24, 2.45) is 0 Å². The summed E-state index contributed by atoms with van der Waals surface area (Å²) in [7, 11) is 3.29. The number of nitrogens with zero attached hydrogens (tertiary/aromatic N) is 1. The molecule has 0 unspecified atom stereocenters. The Morgan fingerprint density at radius 3 is 2.28 bits per heavy atom. The number of rotatable bonds is 4. The van der Waals surface area contributed by atoms with Gasteiger partial charge < -0.3 is 14.4 Å². The van der Waals surface area contributed by atoms with E-state index in [4.69, 9.17) is 9.47 Å². The third kappa shape index (κ3) is 3.46. The van der Waals surface area contributed by atoms with Crippen molar-refractivity contribution in [1.82, 2.24) is 4.90 Å². The van der Waals surface area contributed by atoms with Crippen molar-refractivity contribution in [3.05, 3.63) is 94.5 Å². The van der Waals surface area contributed by atoms with Gasteiger partial charge >= 0.3 is 0 Å². The lowest BCUT2D eigenvalue weighted by molar-refractivity contribution is 0.0693. The van der Waals surface area contributed by atoms with E-state index in [-0.39, 0.29) is 11.9 Å². The van der Waals surface area contributed by atoms with Crippen LogP contribution in [-0.4, -0.2) is 31.6 Å². The summed E-state index contributed by atoms with van der Waals surface area (Å²) in [6.07, 6.45) is 0.774. The number of hydrogen-bond acceptors (Lipinski definition) is 3. The van der Waals surface area contributed by atoms with Crippen molar-refractivity contribution in [3.63, 3.8) is 0 Å². The van der Waals surface area contributed by atoms with Crippen molar-refractivity contribution < 1.29 is 14.3 Å². The van der Waals surface area contributed by atoms with Crippen LogP contribution >= 0.6 is 0 Å². The number of benzene rings is 3. The molecule has 0 aromatic heterocycles. The molecule has 3 aromatic rings. The summed E-state index contributed by atoms with van der Waals surface area (Å²) < 4.78 is 11.1. The average molecular weight is 387 g/mol. The van der Waals surface area contributed by atoms with E-state index in [1.165, 1.54) is 5.56 Å². The zero-order valence-electron chi connectivity index (χ0n) is 17.0. The predicted molar refractivity (Wildman–Crippen MR) is 114 cm³/mol. The third-order valence-corrected chi connectivity index (χ3v) is 5.63. The van der Waals surface area contributed by atoms with Gasteiger partial charge in [0, 0.05) is 12.1 Å². The highest BCUT2D eigenvalue weighted by Crippen LogP contribution is 2.41. The number of ether oxygens (including phenoxy) is 2. The molecular formula is C25H25NO3. The molecule has 0 saturated carbocycles. The Bertz CT molecular complexity index is 1030. The lowest BCUT2D eigenvalue weighted by Crippen LogP contribution is -2.41. The molecule has 3 aromatic carbocycles. The Hall–Kier alpha value is -3.27. The van der Waals surface area contributed by atoms with Gasteiger partial charge in [-0.3, -0.25) is 4.79 Å². The second-order valence-electron chi connectivity index (χ2n) is 7.28. The first-order chi connectivity index (χ1) is 14.1. The van der Waals surface area contributed by atoms with Crippen molar-refractivity contribution in [1.29, 1.82) is 0 Å². The summed E-state index contributed by atoms with van der Waals surface area (Å²) in [6, 6.07) is 21.8. The lowest BCUT2D eigenvalue weighted by Gasteiger charge is -2.38. The number of hydrogen-bond donors (Lipinski definition) is 0. The molecule has 0 fully saturated rings. The second-order valence-corrected chi connectivity index (χ2v) is 7.28. The highest BCUT2D eigenvalue weighted by Gasteiger charge is 2.34. The Kier molecular flexibility index (Phi) is 5.26. The maximum Gasteiger partial charge on any atom is 0.254 e. The zero-order valence-corrected chi connectivity index (χ0v) is 17.0. The van der Waals surface area contributed by atoms with E-state index < -0.39 is 0 Å². The van der Waals surface area contributed by atoms with Gasteiger partial charge in [0.15, 0.2) is 11.5 Å². The first-order valence-electron chi connectivity index (χ1n) is 9.80. The molecular weight excluding hydrogens is 362 g/mol. The first-order valence-corrected chi connectivity index (χ1v) is 9.80. The molecule has 148 valence electrons. The van der Waals surface area contributed by atoms with E-state index in [2.05, 4.69) is 12.1 Å². The van der Waals surface area contributed by atoms with E-state index in [9.17, 15) is 4.79 Å². The van der Waals surface area contributed by atoms with Crippen molar-refractivity contribution in [2.75, 3.05) is 20.8 Å². The topological polar surface area (TPSA) is 38.8 Å². The maximum absolute atomic E-state index is 13.6. The molecule has 4 rings (SSSR count). The first kappa shape index (κ1) is 19.1. The lowest BCUT2D eigenvalue weighted by atomic mass is 9.87. The quantitative estimate of drug-likeness (QED) is 0.645. The monoisotopic (exact) mass is 387 g/mol. The molecule has 1 amide bonds. The average Bonchev–Trinajstić information content (AvgIpc) is 2.77. The molecule has 29 heavy (non-hydrogen) atoms. The summed E-state index contributed by atoms with van der Waals surface area (Å²) in [5.74, 6) is 1.45. The van der Waals surface area contributed by atoms with Crippen LogP contribution in [0.15, 0.2) is 66.7 Å².